The van der Waals surface area contributed by atoms with Crippen molar-refractivity contribution < 1.29 is 19.1 Å². The Morgan fingerprint density at radius 2 is 1.67 bits per heavy atom. The number of anilines is 2. The van der Waals surface area contributed by atoms with E-state index >= 15 is 0 Å². The van der Waals surface area contributed by atoms with Gasteiger partial charge in [0.1, 0.15) is 17.2 Å². The highest BCUT2D eigenvalue weighted by molar-refractivity contribution is 6.46. The van der Waals surface area contributed by atoms with Gasteiger partial charge in [-0.05, 0) is 55.3 Å². The Labute approximate surface area is 197 Å². The summed E-state index contributed by atoms with van der Waals surface area (Å²) in [5.41, 5.74) is 4.11. The number of halogens is 1. The zero-order valence-electron chi connectivity index (χ0n) is 18.7. The van der Waals surface area contributed by atoms with Gasteiger partial charge in [-0.15, -0.1) is 0 Å². The molecule has 0 aromatic heterocycles. The van der Waals surface area contributed by atoms with Gasteiger partial charge in [0.05, 0.1) is 30.5 Å². The maximum absolute atomic E-state index is 13.6. The van der Waals surface area contributed by atoms with Crippen LogP contribution in [0.3, 0.4) is 0 Å². The lowest BCUT2D eigenvalue weighted by Gasteiger charge is -2.16. The highest BCUT2D eigenvalue weighted by atomic mass is 35.5. The summed E-state index contributed by atoms with van der Waals surface area (Å²) in [7, 11) is 3.06. The van der Waals surface area contributed by atoms with Crippen molar-refractivity contribution in [3.63, 3.8) is 0 Å². The first-order valence-corrected chi connectivity index (χ1v) is 10.7. The molecule has 0 atom stereocenters. The van der Waals surface area contributed by atoms with Crippen molar-refractivity contribution in [2.75, 3.05) is 24.4 Å². The molecule has 1 aliphatic heterocycles. The van der Waals surface area contributed by atoms with E-state index in [1.165, 1.54) is 14.2 Å². The Morgan fingerprint density at radius 1 is 0.879 bits per heavy atom. The van der Waals surface area contributed by atoms with E-state index in [0.29, 0.717) is 39.0 Å². The highest BCUT2D eigenvalue weighted by Crippen LogP contribution is 2.37. The van der Waals surface area contributed by atoms with Crippen LogP contribution in [-0.4, -0.2) is 26.0 Å². The van der Waals surface area contributed by atoms with Crippen molar-refractivity contribution in [3.05, 3.63) is 88.1 Å². The Hall–Kier alpha value is -3.77. The van der Waals surface area contributed by atoms with Gasteiger partial charge >= 0.3 is 0 Å². The average Bonchev–Trinajstić information content (AvgIpc) is 3.03. The number of benzene rings is 3. The van der Waals surface area contributed by atoms with Crippen molar-refractivity contribution in [2.45, 2.75) is 13.8 Å². The van der Waals surface area contributed by atoms with Crippen molar-refractivity contribution >= 4 is 40.4 Å². The van der Waals surface area contributed by atoms with Crippen molar-refractivity contribution in [2.24, 2.45) is 0 Å². The van der Waals surface area contributed by atoms with Crippen LogP contribution in [0.25, 0.3) is 5.57 Å². The predicted octanol–water partition coefficient (Wildman–Crippen LogP) is 5.37. The summed E-state index contributed by atoms with van der Waals surface area (Å²) >= 11 is 6.28. The van der Waals surface area contributed by atoms with Crippen molar-refractivity contribution in [1.82, 2.24) is 0 Å². The van der Waals surface area contributed by atoms with Gasteiger partial charge in [0.25, 0.3) is 11.8 Å². The van der Waals surface area contributed by atoms with Crippen LogP contribution in [0.15, 0.2) is 66.4 Å². The van der Waals surface area contributed by atoms with E-state index in [1.807, 2.05) is 32.0 Å². The van der Waals surface area contributed by atoms with E-state index in [1.54, 1.807) is 42.5 Å². The number of hydrogen-bond acceptors (Lipinski definition) is 5. The standard InChI is InChI=1S/C26H23ClN2O4/c1-15-8-10-20(16(2)12-15)23-24(28-17-9-11-22(33-4)21(27)13-17)26(31)29(25(23)30)18-6-5-7-19(14-18)32-3/h5-14,28H,1-4H3. The fourth-order valence-electron chi connectivity index (χ4n) is 3.86. The molecular weight excluding hydrogens is 440 g/mol. The summed E-state index contributed by atoms with van der Waals surface area (Å²) in [4.78, 5) is 28.4. The molecule has 7 heteroatoms. The summed E-state index contributed by atoms with van der Waals surface area (Å²) in [6, 6.07) is 17.7. The molecule has 3 aromatic carbocycles. The Kier molecular flexibility index (Phi) is 6.11. The first kappa shape index (κ1) is 22.4. The van der Waals surface area contributed by atoms with Gasteiger partial charge < -0.3 is 14.8 Å². The highest BCUT2D eigenvalue weighted by Gasteiger charge is 2.41. The summed E-state index contributed by atoms with van der Waals surface area (Å²) < 4.78 is 10.5. The molecule has 0 saturated heterocycles. The molecule has 0 radical (unpaired) electrons. The number of nitrogens with zero attached hydrogens (tertiary/aromatic N) is 1. The molecule has 0 fully saturated rings. The molecule has 1 aliphatic rings. The molecule has 0 unspecified atom stereocenters. The van der Waals surface area contributed by atoms with Gasteiger partial charge in [-0.25, -0.2) is 4.90 Å². The maximum Gasteiger partial charge on any atom is 0.282 e. The van der Waals surface area contributed by atoms with Crippen LogP contribution < -0.4 is 19.7 Å². The minimum absolute atomic E-state index is 0.177. The lowest BCUT2D eigenvalue weighted by molar-refractivity contribution is -0.120. The molecule has 2 amide bonds. The minimum atomic E-state index is -0.463. The zero-order chi connectivity index (χ0) is 23.7. The van der Waals surface area contributed by atoms with Gasteiger partial charge in [-0.2, -0.15) is 0 Å². The van der Waals surface area contributed by atoms with Gasteiger partial charge in [-0.3, -0.25) is 9.59 Å². The normalized spacial score (nSPS) is 13.5. The SMILES string of the molecule is COc1cccc(N2C(=O)C(Nc3ccc(OC)c(Cl)c3)=C(c3ccc(C)cc3C)C2=O)c1. The second-order valence-corrected chi connectivity index (χ2v) is 8.10. The van der Waals surface area contributed by atoms with Gasteiger partial charge in [0.15, 0.2) is 0 Å². The molecule has 33 heavy (non-hydrogen) atoms. The van der Waals surface area contributed by atoms with Gasteiger partial charge in [0.2, 0.25) is 0 Å². The van der Waals surface area contributed by atoms with Crippen LogP contribution in [0.5, 0.6) is 11.5 Å². The van der Waals surface area contributed by atoms with Crippen molar-refractivity contribution in [3.8, 4) is 11.5 Å². The van der Waals surface area contributed by atoms with E-state index in [0.717, 1.165) is 16.0 Å². The predicted molar refractivity (Wildman–Crippen MR) is 130 cm³/mol. The third kappa shape index (κ3) is 4.17. The first-order valence-electron chi connectivity index (χ1n) is 10.3. The number of amides is 2. The lowest BCUT2D eigenvalue weighted by atomic mass is 9.97. The molecule has 0 spiro atoms. The van der Waals surface area contributed by atoms with Crippen LogP contribution >= 0.6 is 11.6 Å². The number of rotatable bonds is 6. The smallest absolute Gasteiger partial charge is 0.282 e. The number of hydrogen-bond donors (Lipinski definition) is 1. The molecular formula is C26H23ClN2O4. The van der Waals surface area contributed by atoms with E-state index in [2.05, 4.69) is 5.32 Å². The van der Waals surface area contributed by atoms with Crippen molar-refractivity contribution in [1.29, 1.82) is 0 Å². The van der Waals surface area contributed by atoms with E-state index < -0.39 is 11.8 Å². The molecule has 1 heterocycles. The number of aryl methyl sites for hydroxylation is 2. The molecule has 0 aliphatic carbocycles. The fourth-order valence-corrected chi connectivity index (χ4v) is 4.12. The summed E-state index contributed by atoms with van der Waals surface area (Å²) in [5.74, 6) is 0.180. The lowest BCUT2D eigenvalue weighted by Crippen LogP contribution is -2.32. The van der Waals surface area contributed by atoms with E-state index in [4.69, 9.17) is 21.1 Å². The number of nitrogens with one attached hydrogen (secondary N) is 1. The summed E-state index contributed by atoms with van der Waals surface area (Å²) in [5, 5.41) is 3.51. The van der Waals surface area contributed by atoms with Gasteiger partial charge in [-0.1, -0.05) is 41.4 Å². The third-order valence-electron chi connectivity index (χ3n) is 5.47. The second kappa shape index (κ2) is 9.00. The van der Waals surface area contributed by atoms with Crippen LogP contribution in [0.4, 0.5) is 11.4 Å². The number of ether oxygens (including phenoxy) is 2. The molecule has 1 N–H and O–H groups in total. The topological polar surface area (TPSA) is 67.9 Å². The number of carbonyl (C=O) groups is 2. The quantitative estimate of drug-likeness (QED) is 0.499. The second-order valence-electron chi connectivity index (χ2n) is 7.69. The number of imide groups is 1. The minimum Gasteiger partial charge on any atom is -0.497 e. The zero-order valence-corrected chi connectivity index (χ0v) is 19.5. The van der Waals surface area contributed by atoms with E-state index in [-0.39, 0.29) is 5.70 Å². The van der Waals surface area contributed by atoms with E-state index in [9.17, 15) is 9.59 Å². The third-order valence-corrected chi connectivity index (χ3v) is 5.76. The molecule has 0 bridgehead atoms. The van der Waals surface area contributed by atoms with Crippen LogP contribution in [0.1, 0.15) is 16.7 Å². The number of carbonyl (C=O) groups excluding carboxylic acids is 2. The Bertz CT molecular complexity index is 1300. The maximum atomic E-state index is 13.6. The molecule has 6 nitrogen and oxygen atoms in total. The Morgan fingerprint density at radius 3 is 2.33 bits per heavy atom. The van der Waals surface area contributed by atoms with Gasteiger partial charge in [0, 0.05) is 11.8 Å². The number of methoxy groups -OCH3 is 2. The molecule has 4 rings (SSSR count). The molecule has 168 valence electrons. The average molecular weight is 463 g/mol. The van der Waals surface area contributed by atoms with Crippen LogP contribution in [0.2, 0.25) is 5.02 Å². The first-order chi connectivity index (χ1) is 15.8. The van der Waals surface area contributed by atoms with Crippen LogP contribution in [-0.2, 0) is 9.59 Å². The molecule has 3 aromatic rings. The summed E-state index contributed by atoms with van der Waals surface area (Å²) in [6.07, 6.45) is 0. The summed E-state index contributed by atoms with van der Waals surface area (Å²) in [6.45, 7) is 3.90. The monoisotopic (exact) mass is 462 g/mol. The fraction of sp³-hybridized carbons (Fsp3) is 0.154. The Balaban J connectivity index is 1.84. The molecule has 0 saturated carbocycles. The van der Waals surface area contributed by atoms with Crippen LogP contribution in [0, 0.1) is 13.8 Å². The largest absolute Gasteiger partial charge is 0.497 e.